The smallest absolute Gasteiger partial charge is 0.306 e. The normalized spacial score (nSPS) is 11.1. The summed E-state index contributed by atoms with van der Waals surface area (Å²) in [6, 6.07) is 10.0. The molecule has 0 aliphatic rings. The van der Waals surface area contributed by atoms with Crippen LogP contribution >= 0.6 is 0 Å². The van der Waals surface area contributed by atoms with Crippen molar-refractivity contribution in [3.8, 4) is 0 Å². The van der Waals surface area contributed by atoms with Crippen molar-refractivity contribution in [2.24, 2.45) is 0 Å². The molecule has 1 rings (SSSR count). The van der Waals surface area contributed by atoms with Gasteiger partial charge in [-0.2, -0.15) is 0 Å². The minimum absolute atomic E-state index is 0.133. The van der Waals surface area contributed by atoms with Crippen molar-refractivity contribution in [1.29, 1.82) is 0 Å². The van der Waals surface area contributed by atoms with Crippen LogP contribution in [0.3, 0.4) is 0 Å². The van der Waals surface area contributed by atoms with E-state index in [1.807, 2.05) is 37.3 Å². The summed E-state index contributed by atoms with van der Waals surface area (Å²) in [4.78, 5) is 11.4. The van der Waals surface area contributed by atoms with Crippen molar-refractivity contribution in [1.82, 2.24) is 0 Å². The molecule has 0 unspecified atom stereocenters. The summed E-state index contributed by atoms with van der Waals surface area (Å²) >= 11 is 0. The molecule has 0 bridgehead atoms. The Bertz CT molecular complexity index is 315. The van der Waals surface area contributed by atoms with Crippen molar-refractivity contribution < 1.29 is 9.53 Å². The zero-order chi connectivity index (χ0) is 11.3. The maximum absolute atomic E-state index is 11.4. The van der Waals surface area contributed by atoms with E-state index in [9.17, 15) is 4.79 Å². The zero-order valence-corrected chi connectivity index (χ0v) is 9.62. The minimum atomic E-state index is -0.159. The lowest BCUT2D eigenvalue weighted by molar-refractivity contribution is -0.144. The summed E-state index contributed by atoms with van der Waals surface area (Å²) in [7, 11) is 0. The molecule has 1 aromatic rings. The van der Waals surface area contributed by atoms with Crippen molar-refractivity contribution in [3.05, 3.63) is 35.9 Å². The number of rotatable bonds is 4. The second kappa shape index (κ2) is 4.96. The zero-order valence-electron chi connectivity index (χ0n) is 9.62. The van der Waals surface area contributed by atoms with Crippen LogP contribution in [0.15, 0.2) is 30.3 Å². The van der Waals surface area contributed by atoms with Crippen LogP contribution in [0.4, 0.5) is 0 Å². The summed E-state index contributed by atoms with van der Waals surface area (Å²) in [5.74, 6) is -0.133. The van der Waals surface area contributed by atoms with Crippen LogP contribution in [0, 0.1) is 0 Å². The highest BCUT2D eigenvalue weighted by Gasteiger charge is 2.24. The first-order valence-electron chi connectivity index (χ1n) is 5.27. The Morgan fingerprint density at radius 3 is 2.40 bits per heavy atom. The summed E-state index contributed by atoms with van der Waals surface area (Å²) in [5.41, 5.74) is 1.01. The molecule has 0 fully saturated rings. The standard InChI is InChI=1S/C13H18O2/c1-4-15-12(14)10-13(2,3)11-8-6-5-7-9-11/h5-9H,4,10H2,1-3H3. The van der Waals surface area contributed by atoms with Gasteiger partial charge in [0.25, 0.3) is 0 Å². The van der Waals surface area contributed by atoms with Gasteiger partial charge in [0.2, 0.25) is 0 Å². The number of carbonyl (C=O) groups is 1. The number of ether oxygens (including phenoxy) is 1. The first-order chi connectivity index (χ1) is 7.06. The molecule has 2 heteroatoms. The van der Waals surface area contributed by atoms with E-state index in [2.05, 4.69) is 13.8 Å². The van der Waals surface area contributed by atoms with Crippen molar-refractivity contribution in [2.75, 3.05) is 6.61 Å². The number of hydrogen-bond donors (Lipinski definition) is 0. The van der Waals surface area contributed by atoms with Gasteiger partial charge < -0.3 is 4.74 Å². The molecule has 2 nitrogen and oxygen atoms in total. The van der Waals surface area contributed by atoms with Gasteiger partial charge in [0, 0.05) is 5.41 Å². The third-order valence-electron chi connectivity index (χ3n) is 2.45. The maximum Gasteiger partial charge on any atom is 0.306 e. The van der Waals surface area contributed by atoms with Crippen LogP contribution in [-0.2, 0) is 14.9 Å². The number of hydrogen-bond acceptors (Lipinski definition) is 2. The summed E-state index contributed by atoms with van der Waals surface area (Å²) in [5, 5.41) is 0. The van der Waals surface area contributed by atoms with Gasteiger partial charge in [-0.15, -0.1) is 0 Å². The molecular weight excluding hydrogens is 188 g/mol. The fourth-order valence-corrected chi connectivity index (χ4v) is 1.56. The van der Waals surface area contributed by atoms with Crippen molar-refractivity contribution in [3.63, 3.8) is 0 Å². The Morgan fingerprint density at radius 2 is 1.87 bits per heavy atom. The van der Waals surface area contributed by atoms with E-state index in [-0.39, 0.29) is 11.4 Å². The van der Waals surface area contributed by atoms with E-state index in [1.54, 1.807) is 0 Å². The van der Waals surface area contributed by atoms with Gasteiger partial charge in [-0.3, -0.25) is 4.79 Å². The average Bonchev–Trinajstić information content (AvgIpc) is 2.18. The minimum Gasteiger partial charge on any atom is -0.466 e. The average molecular weight is 206 g/mol. The fraction of sp³-hybridized carbons (Fsp3) is 0.462. The summed E-state index contributed by atoms with van der Waals surface area (Å²) in [6.45, 7) is 6.38. The second-order valence-electron chi connectivity index (χ2n) is 4.23. The SMILES string of the molecule is CCOC(=O)CC(C)(C)c1ccccc1. The van der Waals surface area contributed by atoms with Gasteiger partial charge in [-0.1, -0.05) is 44.2 Å². The molecule has 0 amide bonds. The molecule has 0 aliphatic carbocycles. The summed E-state index contributed by atoms with van der Waals surface area (Å²) in [6.07, 6.45) is 0.421. The molecule has 15 heavy (non-hydrogen) atoms. The lowest BCUT2D eigenvalue weighted by Gasteiger charge is -2.23. The van der Waals surface area contributed by atoms with E-state index < -0.39 is 0 Å². The van der Waals surface area contributed by atoms with Crippen LogP contribution in [0.25, 0.3) is 0 Å². The van der Waals surface area contributed by atoms with E-state index in [4.69, 9.17) is 4.74 Å². The predicted molar refractivity (Wildman–Crippen MR) is 60.7 cm³/mol. The molecule has 0 atom stereocenters. The Labute approximate surface area is 91.3 Å². The Morgan fingerprint density at radius 1 is 1.27 bits per heavy atom. The van der Waals surface area contributed by atoms with Crippen LogP contribution < -0.4 is 0 Å². The molecule has 0 aromatic heterocycles. The first kappa shape index (κ1) is 11.8. The molecule has 0 N–H and O–H groups in total. The lowest BCUT2D eigenvalue weighted by Crippen LogP contribution is -2.23. The highest BCUT2D eigenvalue weighted by Crippen LogP contribution is 2.26. The van der Waals surface area contributed by atoms with E-state index >= 15 is 0 Å². The van der Waals surface area contributed by atoms with Crippen molar-refractivity contribution >= 4 is 5.97 Å². The van der Waals surface area contributed by atoms with E-state index in [0.717, 1.165) is 5.56 Å². The van der Waals surface area contributed by atoms with Gasteiger partial charge in [0.1, 0.15) is 0 Å². The molecule has 1 aromatic carbocycles. The molecule has 0 aliphatic heterocycles. The van der Waals surface area contributed by atoms with Gasteiger partial charge in [-0.05, 0) is 12.5 Å². The van der Waals surface area contributed by atoms with E-state index in [0.29, 0.717) is 13.0 Å². The lowest BCUT2D eigenvalue weighted by atomic mass is 9.82. The van der Waals surface area contributed by atoms with E-state index in [1.165, 1.54) is 0 Å². The van der Waals surface area contributed by atoms with Gasteiger partial charge in [0.05, 0.1) is 13.0 Å². The van der Waals surface area contributed by atoms with Gasteiger partial charge in [-0.25, -0.2) is 0 Å². The topological polar surface area (TPSA) is 26.3 Å². The molecule has 0 saturated carbocycles. The van der Waals surface area contributed by atoms with Crippen LogP contribution in [0.5, 0.6) is 0 Å². The highest BCUT2D eigenvalue weighted by atomic mass is 16.5. The molecule has 0 heterocycles. The third kappa shape index (κ3) is 3.39. The number of carbonyl (C=O) groups excluding carboxylic acids is 1. The maximum atomic E-state index is 11.4. The van der Waals surface area contributed by atoms with Crippen LogP contribution in [0.1, 0.15) is 32.8 Å². The molecule has 82 valence electrons. The van der Waals surface area contributed by atoms with Gasteiger partial charge >= 0.3 is 5.97 Å². The summed E-state index contributed by atoms with van der Waals surface area (Å²) < 4.78 is 4.96. The molecular formula is C13H18O2. The largest absolute Gasteiger partial charge is 0.466 e. The predicted octanol–water partition coefficient (Wildman–Crippen LogP) is 2.92. The molecule has 0 radical (unpaired) electrons. The second-order valence-corrected chi connectivity index (χ2v) is 4.23. The monoisotopic (exact) mass is 206 g/mol. The Hall–Kier alpha value is -1.31. The number of benzene rings is 1. The number of esters is 1. The van der Waals surface area contributed by atoms with Gasteiger partial charge in [0.15, 0.2) is 0 Å². The first-order valence-corrected chi connectivity index (χ1v) is 5.27. The molecule has 0 spiro atoms. The molecule has 0 saturated heterocycles. The quantitative estimate of drug-likeness (QED) is 0.708. The Balaban J connectivity index is 2.71. The van der Waals surface area contributed by atoms with Crippen LogP contribution in [0.2, 0.25) is 0 Å². The Kier molecular flexibility index (Phi) is 3.89. The fourth-order valence-electron chi connectivity index (χ4n) is 1.56. The third-order valence-corrected chi connectivity index (χ3v) is 2.45. The highest BCUT2D eigenvalue weighted by molar-refractivity contribution is 5.71. The van der Waals surface area contributed by atoms with Crippen molar-refractivity contribution in [2.45, 2.75) is 32.6 Å². The van der Waals surface area contributed by atoms with Crippen LogP contribution in [-0.4, -0.2) is 12.6 Å².